The van der Waals surface area contributed by atoms with Crippen LogP contribution in [0.15, 0.2) is 0 Å². The lowest BCUT2D eigenvalue weighted by atomic mass is 9.79. The van der Waals surface area contributed by atoms with Crippen molar-refractivity contribution < 1.29 is 23.1 Å². The lowest BCUT2D eigenvalue weighted by Gasteiger charge is -2.36. The largest absolute Gasteiger partial charge is 0.471 e. The van der Waals surface area contributed by atoms with E-state index in [1.807, 2.05) is 5.32 Å². The molecule has 1 aliphatic heterocycles. The highest BCUT2D eigenvalue weighted by atomic mass is 19.4. The average molecular weight is 240 g/mol. The fourth-order valence-electron chi connectivity index (χ4n) is 1.72. The van der Waals surface area contributed by atoms with Gasteiger partial charge < -0.3 is 15.7 Å². The van der Waals surface area contributed by atoms with Crippen molar-refractivity contribution in [3.63, 3.8) is 0 Å². The maximum Gasteiger partial charge on any atom is 0.471 e. The highest BCUT2D eigenvalue weighted by Crippen LogP contribution is 2.27. The smallest absolute Gasteiger partial charge is 0.396 e. The number of aliphatic hydroxyl groups is 1. The fraction of sp³-hybridized carbons (Fsp3) is 0.889. The third-order valence-corrected chi connectivity index (χ3v) is 2.88. The summed E-state index contributed by atoms with van der Waals surface area (Å²) in [6.07, 6.45) is -3.74. The minimum absolute atomic E-state index is 0.135. The topological polar surface area (TPSA) is 61.4 Å². The number of halogens is 3. The van der Waals surface area contributed by atoms with Gasteiger partial charge in [-0.05, 0) is 25.9 Å². The van der Waals surface area contributed by atoms with Crippen LogP contribution >= 0.6 is 0 Å². The molecule has 0 aromatic carbocycles. The number of carbonyl (C=O) groups excluding carboxylic acids is 1. The van der Waals surface area contributed by atoms with Gasteiger partial charge in [-0.15, -0.1) is 0 Å². The summed E-state index contributed by atoms with van der Waals surface area (Å²) in [6.45, 7) is 0.932. The second-order valence-corrected chi connectivity index (χ2v) is 4.09. The van der Waals surface area contributed by atoms with Crippen LogP contribution in [0, 0.1) is 5.41 Å². The Hall–Kier alpha value is -0.820. The highest BCUT2D eigenvalue weighted by Gasteiger charge is 2.40. The summed E-state index contributed by atoms with van der Waals surface area (Å²) in [6, 6.07) is 0. The fourth-order valence-corrected chi connectivity index (χ4v) is 1.72. The van der Waals surface area contributed by atoms with E-state index in [0.29, 0.717) is 25.9 Å². The molecule has 1 rings (SSSR count). The van der Waals surface area contributed by atoms with Gasteiger partial charge in [0, 0.05) is 12.0 Å². The number of nitrogens with one attached hydrogen (secondary N) is 2. The summed E-state index contributed by atoms with van der Waals surface area (Å²) in [5.74, 6) is -1.95. The van der Waals surface area contributed by atoms with Crippen LogP contribution < -0.4 is 10.6 Å². The highest BCUT2D eigenvalue weighted by molar-refractivity contribution is 5.81. The first kappa shape index (κ1) is 13.2. The van der Waals surface area contributed by atoms with Crippen molar-refractivity contribution >= 4 is 5.91 Å². The maximum atomic E-state index is 11.9. The van der Waals surface area contributed by atoms with Crippen molar-refractivity contribution in [2.45, 2.75) is 19.0 Å². The molecule has 94 valence electrons. The van der Waals surface area contributed by atoms with Gasteiger partial charge in [0.15, 0.2) is 0 Å². The first-order valence-electron chi connectivity index (χ1n) is 5.06. The van der Waals surface area contributed by atoms with Crippen molar-refractivity contribution in [1.29, 1.82) is 0 Å². The molecule has 3 N–H and O–H groups in total. The molecular formula is C9H15F3N2O2. The molecule has 0 saturated carbocycles. The lowest BCUT2D eigenvalue weighted by Crippen LogP contribution is -2.49. The third kappa shape index (κ3) is 3.34. The number of aliphatic hydroxyl groups excluding tert-OH is 1. The first-order valence-corrected chi connectivity index (χ1v) is 5.06. The molecule has 1 heterocycles. The van der Waals surface area contributed by atoms with Crippen LogP contribution in [0.5, 0.6) is 0 Å². The Kier molecular flexibility index (Phi) is 4.15. The van der Waals surface area contributed by atoms with Crippen LogP contribution in [0.25, 0.3) is 0 Å². The van der Waals surface area contributed by atoms with Gasteiger partial charge >= 0.3 is 12.1 Å². The molecule has 1 saturated heterocycles. The van der Waals surface area contributed by atoms with E-state index < -0.39 is 17.5 Å². The molecule has 1 aliphatic rings. The molecule has 0 aromatic rings. The third-order valence-electron chi connectivity index (χ3n) is 2.88. The molecule has 0 bridgehead atoms. The molecule has 1 amide bonds. The normalized spacial score (nSPS) is 20.5. The van der Waals surface area contributed by atoms with E-state index in [1.165, 1.54) is 0 Å². The number of piperidine rings is 1. The number of hydrogen-bond acceptors (Lipinski definition) is 3. The monoisotopic (exact) mass is 240 g/mol. The molecule has 0 aromatic heterocycles. The number of rotatable bonds is 3. The van der Waals surface area contributed by atoms with Gasteiger partial charge in [-0.25, -0.2) is 0 Å². The van der Waals surface area contributed by atoms with Crippen molar-refractivity contribution in [2.75, 3.05) is 26.2 Å². The van der Waals surface area contributed by atoms with Gasteiger partial charge in [0.2, 0.25) is 0 Å². The maximum absolute atomic E-state index is 11.9. The Morgan fingerprint density at radius 2 is 1.94 bits per heavy atom. The van der Waals surface area contributed by atoms with E-state index in [2.05, 4.69) is 5.32 Å². The number of alkyl halides is 3. The Morgan fingerprint density at radius 1 is 1.38 bits per heavy atom. The van der Waals surface area contributed by atoms with Gasteiger partial charge in [-0.1, -0.05) is 0 Å². The zero-order valence-electron chi connectivity index (χ0n) is 8.73. The van der Waals surface area contributed by atoms with Crippen molar-refractivity contribution in [2.24, 2.45) is 5.41 Å². The van der Waals surface area contributed by atoms with E-state index in [9.17, 15) is 23.1 Å². The predicted octanol–water partition coefficient (Wildman–Crippen LogP) is 0.0270. The SMILES string of the molecule is O=C(NCC1(CO)CCNCC1)C(F)(F)F. The first-order chi connectivity index (χ1) is 7.40. The van der Waals surface area contributed by atoms with Crippen LogP contribution in [0.1, 0.15) is 12.8 Å². The van der Waals surface area contributed by atoms with Gasteiger partial charge in [0.1, 0.15) is 0 Å². The Labute approximate surface area is 91.2 Å². The minimum atomic E-state index is -4.86. The average Bonchev–Trinajstić information content (AvgIpc) is 2.26. The molecule has 0 radical (unpaired) electrons. The second-order valence-electron chi connectivity index (χ2n) is 4.09. The summed E-state index contributed by atoms with van der Waals surface area (Å²) in [7, 11) is 0. The summed E-state index contributed by atoms with van der Waals surface area (Å²) in [4.78, 5) is 10.6. The molecule has 1 fully saturated rings. The molecule has 0 unspecified atom stereocenters. The van der Waals surface area contributed by atoms with Crippen molar-refractivity contribution in [3.8, 4) is 0 Å². The zero-order valence-corrected chi connectivity index (χ0v) is 8.73. The van der Waals surface area contributed by atoms with E-state index in [1.54, 1.807) is 0 Å². The number of carbonyl (C=O) groups is 1. The zero-order chi connectivity index (χ0) is 12.2. The Bertz CT molecular complexity index is 250. The van der Waals surface area contributed by atoms with Gasteiger partial charge in [-0.2, -0.15) is 13.2 Å². The van der Waals surface area contributed by atoms with Crippen LogP contribution in [0.3, 0.4) is 0 Å². The lowest BCUT2D eigenvalue weighted by molar-refractivity contribution is -0.174. The molecule has 0 atom stereocenters. The molecule has 4 nitrogen and oxygen atoms in total. The summed E-state index contributed by atoms with van der Waals surface area (Å²) in [5, 5.41) is 14.1. The molecule has 0 spiro atoms. The van der Waals surface area contributed by atoms with E-state index in [-0.39, 0.29) is 13.2 Å². The molecule has 7 heteroatoms. The molecule has 0 aliphatic carbocycles. The Balaban J connectivity index is 2.48. The summed E-state index contributed by atoms with van der Waals surface area (Å²) in [5.41, 5.74) is -0.619. The second kappa shape index (κ2) is 5.01. The summed E-state index contributed by atoms with van der Waals surface area (Å²) < 4.78 is 35.8. The van der Waals surface area contributed by atoms with Crippen LogP contribution in [0.2, 0.25) is 0 Å². The minimum Gasteiger partial charge on any atom is -0.396 e. The van der Waals surface area contributed by atoms with E-state index >= 15 is 0 Å². The number of amides is 1. The van der Waals surface area contributed by atoms with Crippen LogP contribution in [-0.2, 0) is 4.79 Å². The van der Waals surface area contributed by atoms with E-state index in [4.69, 9.17) is 0 Å². The van der Waals surface area contributed by atoms with Gasteiger partial charge in [0.05, 0.1) is 6.61 Å². The quantitative estimate of drug-likeness (QED) is 0.652. The van der Waals surface area contributed by atoms with Crippen molar-refractivity contribution in [1.82, 2.24) is 10.6 Å². The molecule has 16 heavy (non-hydrogen) atoms. The van der Waals surface area contributed by atoms with Gasteiger partial charge in [0.25, 0.3) is 0 Å². The Morgan fingerprint density at radius 3 is 2.38 bits per heavy atom. The number of hydrogen-bond donors (Lipinski definition) is 3. The van der Waals surface area contributed by atoms with E-state index in [0.717, 1.165) is 0 Å². The van der Waals surface area contributed by atoms with Gasteiger partial charge in [-0.3, -0.25) is 4.79 Å². The summed E-state index contributed by atoms with van der Waals surface area (Å²) >= 11 is 0. The molecular weight excluding hydrogens is 225 g/mol. The van der Waals surface area contributed by atoms with Crippen LogP contribution in [0.4, 0.5) is 13.2 Å². The predicted molar refractivity (Wildman–Crippen MR) is 50.7 cm³/mol. The standard InChI is InChI=1S/C9H15F3N2O2/c10-9(11,12)7(16)14-5-8(6-15)1-3-13-4-2-8/h13,15H,1-6H2,(H,14,16). The van der Waals surface area contributed by atoms with Crippen molar-refractivity contribution in [3.05, 3.63) is 0 Å². The van der Waals surface area contributed by atoms with Crippen LogP contribution in [-0.4, -0.2) is 43.4 Å².